The lowest BCUT2D eigenvalue weighted by Crippen LogP contribution is -2.48. The number of hydrogen-bond donors (Lipinski definition) is 1. The van der Waals surface area contributed by atoms with E-state index in [1.54, 1.807) is 0 Å². The summed E-state index contributed by atoms with van der Waals surface area (Å²) in [4.78, 5) is 22.2. The van der Waals surface area contributed by atoms with Gasteiger partial charge < -0.3 is 10.1 Å². The van der Waals surface area contributed by atoms with E-state index in [0.717, 1.165) is 13.2 Å². The zero-order valence-electron chi connectivity index (χ0n) is 10.3. The van der Waals surface area contributed by atoms with Crippen LogP contribution in [0.15, 0.2) is 24.3 Å². The summed E-state index contributed by atoms with van der Waals surface area (Å²) in [5.41, 5.74) is -0.00891. The van der Waals surface area contributed by atoms with Crippen molar-refractivity contribution in [3.63, 3.8) is 0 Å². The smallest absolute Gasteiger partial charge is 0.467 e. The van der Waals surface area contributed by atoms with Gasteiger partial charge in [-0.3, -0.25) is 4.79 Å². The van der Waals surface area contributed by atoms with E-state index in [2.05, 4.69) is 4.74 Å². The Morgan fingerprint density at radius 3 is 2.40 bits per heavy atom. The van der Waals surface area contributed by atoms with E-state index in [0.29, 0.717) is 0 Å². The van der Waals surface area contributed by atoms with Crippen molar-refractivity contribution in [2.24, 2.45) is 0 Å². The Hall–Kier alpha value is -2.12. The summed E-state index contributed by atoms with van der Waals surface area (Å²) in [6.45, 7) is 0. The van der Waals surface area contributed by atoms with Crippen LogP contribution in [0.5, 0.6) is 0 Å². The number of carbonyl (C=O) groups is 2. The molecule has 4 nitrogen and oxygen atoms in total. The minimum absolute atomic E-state index is 0.00891. The van der Waals surface area contributed by atoms with E-state index in [9.17, 15) is 27.2 Å². The molecule has 0 aromatic heterocycles. The molecule has 1 rings (SSSR count). The molecule has 0 saturated carbocycles. The molecule has 0 bridgehead atoms. The van der Waals surface area contributed by atoms with Gasteiger partial charge in [-0.1, -0.05) is 18.2 Å². The summed E-state index contributed by atoms with van der Waals surface area (Å²) < 4.78 is 54.2. The van der Waals surface area contributed by atoms with Gasteiger partial charge in [0.25, 0.3) is 0 Å². The predicted molar refractivity (Wildman–Crippen MR) is 60.1 cm³/mol. The van der Waals surface area contributed by atoms with Crippen molar-refractivity contribution in [3.8, 4) is 0 Å². The van der Waals surface area contributed by atoms with Crippen LogP contribution in [-0.4, -0.2) is 31.2 Å². The van der Waals surface area contributed by atoms with Gasteiger partial charge in [0.1, 0.15) is 11.9 Å². The number of nitrogens with one attached hydrogen (secondary N) is 1. The highest BCUT2D eigenvalue weighted by Crippen LogP contribution is 2.16. The fourth-order valence-corrected chi connectivity index (χ4v) is 1.46. The average Bonchev–Trinajstić information content (AvgIpc) is 2.38. The standard InChI is InChI=1S/C12H11F4NO3/c1-20-10(18)9(17-11(19)12(14,15)16)6-7-4-2-3-5-8(7)13/h2-5,9H,6H2,1H3,(H,17,19). The van der Waals surface area contributed by atoms with Gasteiger partial charge in [-0.05, 0) is 11.6 Å². The number of halogens is 4. The van der Waals surface area contributed by atoms with Gasteiger partial charge in [-0.2, -0.15) is 13.2 Å². The van der Waals surface area contributed by atoms with Crippen LogP contribution in [0.1, 0.15) is 5.56 Å². The maximum Gasteiger partial charge on any atom is 0.471 e. The molecule has 1 aromatic rings. The molecular formula is C12H11F4NO3. The normalized spacial score (nSPS) is 12.7. The molecule has 0 spiro atoms. The van der Waals surface area contributed by atoms with Gasteiger partial charge in [0, 0.05) is 6.42 Å². The number of carbonyl (C=O) groups excluding carboxylic acids is 2. The van der Waals surface area contributed by atoms with Crippen LogP contribution in [0, 0.1) is 5.82 Å². The van der Waals surface area contributed by atoms with Crippen molar-refractivity contribution in [1.82, 2.24) is 5.32 Å². The van der Waals surface area contributed by atoms with Gasteiger partial charge >= 0.3 is 18.1 Å². The van der Waals surface area contributed by atoms with Crippen LogP contribution in [0.2, 0.25) is 0 Å². The highest BCUT2D eigenvalue weighted by atomic mass is 19.4. The lowest BCUT2D eigenvalue weighted by Gasteiger charge is -2.17. The Kier molecular flexibility index (Phi) is 5.06. The molecule has 20 heavy (non-hydrogen) atoms. The number of hydrogen-bond acceptors (Lipinski definition) is 3. The third kappa shape index (κ3) is 4.22. The van der Waals surface area contributed by atoms with Crippen molar-refractivity contribution < 1.29 is 31.9 Å². The second kappa shape index (κ2) is 6.36. The minimum atomic E-state index is -5.14. The second-order valence-corrected chi connectivity index (χ2v) is 3.84. The maximum atomic E-state index is 13.4. The summed E-state index contributed by atoms with van der Waals surface area (Å²) in [7, 11) is 0.955. The molecule has 0 radical (unpaired) electrons. The molecule has 0 aliphatic rings. The molecule has 1 amide bonds. The lowest BCUT2D eigenvalue weighted by atomic mass is 10.1. The lowest BCUT2D eigenvalue weighted by molar-refractivity contribution is -0.175. The van der Waals surface area contributed by atoms with Crippen molar-refractivity contribution in [1.29, 1.82) is 0 Å². The number of methoxy groups -OCH3 is 1. The zero-order valence-corrected chi connectivity index (χ0v) is 10.3. The number of alkyl halides is 3. The van der Waals surface area contributed by atoms with Crippen molar-refractivity contribution >= 4 is 11.9 Å². The summed E-state index contributed by atoms with van der Waals surface area (Å²) in [5, 5.41) is 1.48. The van der Waals surface area contributed by atoms with E-state index >= 15 is 0 Å². The third-order valence-corrected chi connectivity index (χ3v) is 2.43. The van der Waals surface area contributed by atoms with E-state index in [1.807, 2.05) is 0 Å². The monoisotopic (exact) mass is 293 g/mol. The van der Waals surface area contributed by atoms with Crippen LogP contribution in [0.25, 0.3) is 0 Å². The van der Waals surface area contributed by atoms with E-state index in [1.165, 1.54) is 23.5 Å². The molecule has 1 atom stereocenters. The quantitative estimate of drug-likeness (QED) is 0.677. The second-order valence-electron chi connectivity index (χ2n) is 3.84. The highest BCUT2D eigenvalue weighted by Gasteiger charge is 2.41. The Morgan fingerprint density at radius 2 is 1.90 bits per heavy atom. The SMILES string of the molecule is COC(=O)C(Cc1ccccc1F)NC(=O)C(F)(F)F. The van der Waals surface area contributed by atoms with E-state index < -0.39 is 36.3 Å². The predicted octanol–water partition coefficient (Wildman–Crippen LogP) is 1.59. The minimum Gasteiger partial charge on any atom is -0.467 e. The molecule has 8 heteroatoms. The summed E-state index contributed by atoms with van der Waals surface area (Å²) in [6.07, 6.45) is -5.58. The topological polar surface area (TPSA) is 55.4 Å². The summed E-state index contributed by atoms with van der Waals surface area (Å²) in [5.74, 6) is -4.07. The van der Waals surface area contributed by atoms with Gasteiger partial charge in [-0.15, -0.1) is 0 Å². The molecule has 0 saturated heterocycles. The average molecular weight is 293 g/mol. The van der Waals surface area contributed by atoms with E-state index in [-0.39, 0.29) is 5.56 Å². The van der Waals surface area contributed by atoms with Gasteiger partial charge in [0.05, 0.1) is 7.11 Å². The van der Waals surface area contributed by atoms with E-state index in [4.69, 9.17) is 0 Å². The van der Waals surface area contributed by atoms with Gasteiger partial charge in [0.2, 0.25) is 0 Å². The van der Waals surface area contributed by atoms with Crippen molar-refractivity contribution in [2.75, 3.05) is 7.11 Å². The molecule has 0 aliphatic heterocycles. The Morgan fingerprint density at radius 1 is 1.30 bits per heavy atom. The summed E-state index contributed by atoms with van der Waals surface area (Å²) in [6, 6.07) is 3.62. The van der Waals surface area contributed by atoms with Crippen molar-refractivity contribution in [2.45, 2.75) is 18.6 Å². The fraction of sp³-hybridized carbons (Fsp3) is 0.333. The largest absolute Gasteiger partial charge is 0.471 e. The molecule has 1 unspecified atom stereocenters. The number of esters is 1. The molecular weight excluding hydrogens is 282 g/mol. The summed E-state index contributed by atoms with van der Waals surface area (Å²) >= 11 is 0. The molecule has 0 heterocycles. The van der Waals surface area contributed by atoms with Crippen LogP contribution >= 0.6 is 0 Å². The Labute approximate surface area is 111 Å². The number of ether oxygens (including phenoxy) is 1. The first-order valence-corrected chi connectivity index (χ1v) is 5.44. The van der Waals surface area contributed by atoms with Gasteiger partial charge in [0.15, 0.2) is 0 Å². The number of benzene rings is 1. The number of rotatable bonds is 4. The van der Waals surface area contributed by atoms with Gasteiger partial charge in [-0.25, -0.2) is 9.18 Å². The van der Waals surface area contributed by atoms with Crippen LogP contribution in [0.4, 0.5) is 17.6 Å². The third-order valence-electron chi connectivity index (χ3n) is 2.43. The molecule has 0 aliphatic carbocycles. The maximum absolute atomic E-state index is 13.4. The first-order valence-electron chi connectivity index (χ1n) is 5.44. The molecule has 1 aromatic carbocycles. The first kappa shape index (κ1) is 15.9. The van der Waals surface area contributed by atoms with Crippen LogP contribution in [-0.2, 0) is 20.7 Å². The van der Waals surface area contributed by atoms with Crippen LogP contribution < -0.4 is 5.32 Å². The number of amides is 1. The first-order chi connectivity index (χ1) is 9.25. The molecule has 1 N–H and O–H groups in total. The van der Waals surface area contributed by atoms with Crippen LogP contribution in [0.3, 0.4) is 0 Å². The molecule has 0 fully saturated rings. The fourth-order valence-electron chi connectivity index (χ4n) is 1.46. The highest BCUT2D eigenvalue weighted by molar-refractivity contribution is 5.87. The molecule has 110 valence electrons. The van der Waals surface area contributed by atoms with Crippen molar-refractivity contribution in [3.05, 3.63) is 35.6 Å². The Bertz CT molecular complexity index is 502. The Balaban J connectivity index is 2.89. The zero-order chi connectivity index (χ0) is 15.3.